The minimum absolute atomic E-state index is 0.122. The molecule has 0 radical (unpaired) electrons. The highest BCUT2D eigenvalue weighted by molar-refractivity contribution is 9.10. The number of benzene rings is 1. The molecule has 2 heterocycles. The molecule has 0 bridgehead atoms. The van der Waals surface area contributed by atoms with Crippen molar-refractivity contribution in [1.82, 2.24) is 4.90 Å². The molecular formula is C14H13BrN2O3. The fourth-order valence-electron chi connectivity index (χ4n) is 2.25. The highest BCUT2D eigenvalue weighted by atomic mass is 79.9. The van der Waals surface area contributed by atoms with Crippen LogP contribution in [0.15, 0.2) is 39.6 Å². The van der Waals surface area contributed by atoms with Crippen LogP contribution in [0.2, 0.25) is 0 Å². The quantitative estimate of drug-likeness (QED) is 0.885. The number of amides is 2. The monoisotopic (exact) mass is 336 g/mol. The van der Waals surface area contributed by atoms with E-state index in [1.807, 2.05) is 12.1 Å². The van der Waals surface area contributed by atoms with Gasteiger partial charge < -0.3 is 19.7 Å². The second kappa shape index (κ2) is 4.96. The van der Waals surface area contributed by atoms with Gasteiger partial charge in [-0.2, -0.15) is 0 Å². The summed E-state index contributed by atoms with van der Waals surface area (Å²) in [6.45, 7) is 0.522. The molecule has 1 aromatic heterocycles. The van der Waals surface area contributed by atoms with Crippen molar-refractivity contribution in [2.45, 2.75) is 12.6 Å². The van der Waals surface area contributed by atoms with E-state index in [0.29, 0.717) is 16.8 Å². The number of aliphatic hydroxyl groups is 1. The number of hydrogen-bond acceptors (Lipinski definition) is 3. The average molecular weight is 337 g/mol. The molecule has 0 spiro atoms. The van der Waals surface area contributed by atoms with Crippen molar-refractivity contribution in [3.63, 3.8) is 0 Å². The highest BCUT2D eigenvalue weighted by Gasteiger charge is 2.22. The van der Waals surface area contributed by atoms with E-state index in [2.05, 4.69) is 21.2 Å². The molecule has 2 amide bonds. The van der Waals surface area contributed by atoms with Crippen molar-refractivity contribution < 1.29 is 14.3 Å². The first-order valence-corrected chi connectivity index (χ1v) is 6.91. The number of urea groups is 1. The molecule has 2 N–H and O–H groups in total. The molecule has 20 heavy (non-hydrogen) atoms. The van der Waals surface area contributed by atoms with Crippen LogP contribution in [-0.4, -0.2) is 23.1 Å². The number of carbonyl (C=O) groups excluding carboxylic acids is 1. The summed E-state index contributed by atoms with van der Waals surface area (Å²) in [6, 6.07) is 7.11. The van der Waals surface area contributed by atoms with Crippen molar-refractivity contribution >= 4 is 27.6 Å². The molecule has 0 aliphatic carbocycles. The Morgan fingerprint density at radius 3 is 2.95 bits per heavy atom. The van der Waals surface area contributed by atoms with Gasteiger partial charge in [0.1, 0.15) is 6.10 Å². The van der Waals surface area contributed by atoms with Gasteiger partial charge in [0.2, 0.25) is 0 Å². The predicted molar refractivity (Wildman–Crippen MR) is 77.4 cm³/mol. The number of rotatable bonds is 2. The molecule has 6 heteroatoms. The smallest absolute Gasteiger partial charge is 0.321 e. The third-order valence-corrected chi connectivity index (χ3v) is 4.03. The Morgan fingerprint density at radius 2 is 2.25 bits per heavy atom. The molecule has 2 aromatic rings. The Labute approximate surface area is 124 Å². The van der Waals surface area contributed by atoms with Gasteiger partial charge in [-0.25, -0.2) is 4.79 Å². The number of nitrogens with zero attached hydrogens (tertiary/aromatic N) is 1. The molecule has 5 nitrogen and oxygen atoms in total. The number of halogens is 1. The zero-order valence-electron chi connectivity index (χ0n) is 10.8. The third kappa shape index (κ3) is 2.21. The topological polar surface area (TPSA) is 65.7 Å². The van der Waals surface area contributed by atoms with Crippen LogP contribution >= 0.6 is 15.9 Å². The van der Waals surface area contributed by atoms with E-state index >= 15 is 0 Å². The summed E-state index contributed by atoms with van der Waals surface area (Å²) in [6.07, 6.45) is 0.756. The van der Waals surface area contributed by atoms with Crippen LogP contribution in [0, 0.1) is 0 Å². The molecule has 1 aromatic carbocycles. The van der Waals surface area contributed by atoms with Crippen LogP contribution in [0.25, 0.3) is 0 Å². The van der Waals surface area contributed by atoms with Crippen LogP contribution in [0.4, 0.5) is 10.5 Å². The van der Waals surface area contributed by atoms with Crippen LogP contribution < -0.4 is 5.32 Å². The lowest BCUT2D eigenvalue weighted by atomic mass is 9.99. The van der Waals surface area contributed by atoms with E-state index < -0.39 is 6.10 Å². The van der Waals surface area contributed by atoms with Gasteiger partial charge in [-0.05, 0) is 45.3 Å². The minimum Gasteiger partial charge on any atom is -0.457 e. The normalized spacial score (nSPS) is 15.8. The first-order chi connectivity index (χ1) is 9.56. The van der Waals surface area contributed by atoms with Gasteiger partial charge in [-0.3, -0.25) is 0 Å². The number of carbonyl (C=O) groups is 1. The molecule has 104 valence electrons. The fraction of sp³-hybridized carbons (Fsp3) is 0.214. The number of furan rings is 1. The summed E-state index contributed by atoms with van der Waals surface area (Å²) in [4.78, 5) is 13.1. The molecule has 1 aliphatic heterocycles. The van der Waals surface area contributed by atoms with Crippen molar-refractivity contribution in [3.8, 4) is 0 Å². The van der Waals surface area contributed by atoms with Gasteiger partial charge in [0, 0.05) is 24.8 Å². The van der Waals surface area contributed by atoms with Crippen LogP contribution in [0.1, 0.15) is 22.8 Å². The number of anilines is 1. The molecular weight excluding hydrogens is 324 g/mol. The van der Waals surface area contributed by atoms with Crippen LogP contribution in [0.3, 0.4) is 0 Å². The molecule has 3 rings (SSSR count). The zero-order valence-corrected chi connectivity index (χ0v) is 12.3. The van der Waals surface area contributed by atoms with Gasteiger partial charge in [-0.15, -0.1) is 0 Å². The Hall–Kier alpha value is -1.79. The maximum absolute atomic E-state index is 11.6. The summed E-state index contributed by atoms with van der Waals surface area (Å²) < 4.78 is 5.66. The Bertz CT molecular complexity index is 668. The number of nitrogens with one attached hydrogen (secondary N) is 1. The maximum atomic E-state index is 11.6. The Morgan fingerprint density at radius 1 is 1.45 bits per heavy atom. The fourth-order valence-corrected chi connectivity index (χ4v) is 2.71. The van der Waals surface area contributed by atoms with Gasteiger partial charge in [0.15, 0.2) is 4.67 Å². The van der Waals surface area contributed by atoms with E-state index in [0.717, 1.165) is 16.8 Å². The van der Waals surface area contributed by atoms with Crippen molar-refractivity contribution in [1.29, 1.82) is 0 Å². The molecule has 1 unspecified atom stereocenters. The Balaban J connectivity index is 1.95. The first-order valence-electron chi connectivity index (χ1n) is 6.12. The van der Waals surface area contributed by atoms with Gasteiger partial charge >= 0.3 is 6.03 Å². The SMILES string of the molecule is CN1Cc2cc(C(O)c3ccoc3Br)ccc2NC1=O. The number of hydrogen-bond donors (Lipinski definition) is 2. The molecule has 1 atom stereocenters. The molecule has 0 fully saturated rings. The summed E-state index contributed by atoms with van der Waals surface area (Å²) >= 11 is 3.26. The van der Waals surface area contributed by atoms with Crippen molar-refractivity contribution in [2.75, 3.05) is 12.4 Å². The van der Waals surface area contributed by atoms with Crippen LogP contribution in [-0.2, 0) is 6.54 Å². The standard InChI is InChI=1S/C14H13BrN2O3/c1-17-7-9-6-8(2-3-11(9)16-14(17)19)12(18)10-4-5-20-13(10)15/h2-6,12,18H,7H2,1H3,(H,16,19). The van der Waals surface area contributed by atoms with Crippen molar-refractivity contribution in [2.24, 2.45) is 0 Å². The van der Waals surface area contributed by atoms with Gasteiger partial charge in [-0.1, -0.05) is 6.07 Å². The van der Waals surface area contributed by atoms with E-state index in [1.165, 1.54) is 6.26 Å². The maximum Gasteiger partial charge on any atom is 0.321 e. The van der Waals surface area contributed by atoms with Crippen LogP contribution in [0.5, 0.6) is 0 Å². The van der Waals surface area contributed by atoms with E-state index in [9.17, 15) is 9.90 Å². The lowest BCUT2D eigenvalue weighted by Crippen LogP contribution is -2.35. The number of fused-ring (bicyclic) bond motifs is 1. The minimum atomic E-state index is -0.767. The largest absolute Gasteiger partial charge is 0.457 e. The van der Waals surface area contributed by atoms with E-state index in [-0.39, 0.29) is 6.03 Å². The zero-order chi connectivity index (χ0) is 14.3. The third-order valence-electron chi connectivity index (χ3n) is 3.38. The number of aliphatic hydroxyl groups excluding tert-OH is 1. The summed E-state index contributed by atoms with van der Waals surface area (Å²) in [5, 5.41) is 13.2. The van der Waals surface area contributed by atoms with Gasteiger partial charge in [0.25, 0.3) is 0 Å². The lowest BCUT2D eigenvalue weighted by molar-refractivity contribution is 0.216. The first kappa shape index (κ1) is 13.2. The summed E-state index contributed by atoms with van der Waals surface area (Å²) in [5.41, 5.74) is 3.20. The molecule has 0 saturated carbocycles. The molecule has 1 aliphatic rings. The second-order valence-corrected chi connectivity index (χ2v) is 5.48. The second-order valence-electron chi connectivity index (χ2n) is 4.75. The lowest BCUT2D eigenvalue weighted by Gasteiger charge is -2.26. The van der Waals surface area contributed by atoms with Crippen molar-refractivity contribution in [3.05, 3.63) is 51.9 Å². The Kier molecular flexibility index (Phi) is 3.27. The molecule has 0 saturated heterocycles. The predicted octanol–water partition coefficient (Wildman–Crippen LogP) is 3.10. The summed E-state index contributed by atoms with van der Waals surface area (Å²) in [5.74, 6) is 0. The highest BCUT2D eigenvalue weighted by Crippen LogP contribution is 2.32. The summed E-state index contributed by atoms with van der Waals surface area (Å²) in [7, 11) is 1.73. The van der Waals surface area contributed by atoms with E-state index in [1.54, 1.807) is 24.1 Å². The average Bonchev–Trinajstić information content (AvgIpc) is 2.85. The van der Waals surface area contributed by atoms with Gasteiger partial charge in [0.05, 0.1) is 6.26 Å². The van der Waals surface area contributed by atoms with E-state index in [4.69, 9.17) is 4.42 Å².